The first kappa shape index (κ1) is 10.4. The third kappa shape index (κ3) is 5.24. The minimum Gasteiger partial charge on any atom is -0.378 e. The average Bonchev–Trinajstić information content (AvgIpc) is 1.99. The molecule has 0 aromatic rings. The molecule has 1 nitrogen and oxygen atoms in total. The summed E-state index contributed by atoms with van der Waals surface area (Å²) in [6, 6.07) is 0. The Balaban J connectivity index is 3.09. The quantitative estimate of drug-likeness (QED) is 0.482. The molecule has 0 amide bonds. The van der Waals surface area contributed by atoms with E-state index in [0.717, 1.165) is 31.2 Å². The summed E-state index contributed by atoms with van der Waals surface area (Å²) in [6.45, 7) is 5.24. The maximum absolute atomic E-state index is 5.55. The molecule has 0 spiro atoms. The fourth-order valence-corrected chi connectivity index (χ4v) is 1.06. The SMILES string of the molecule is CCC(CC)OCCCBr. The summed E-state index contributed by atoms with van der Waals surface area (Å²) in [5.41, 5.74) is 0. The first-order valence-electron chi connectivity index (χ1n) is 4.02. The summed E-state index contributed by atoms with van der Waals surface area (Å²) in [5.74, 6) is 0. The highest BCUT2D eigenvalue weighted by atomic mass is 79.9. The van der Waals surface area contributed by atoms with Crippen molar-refractivity contribution in [1.82, 2.24) is 0 Å². The molecule has 2 heteroatoms. The van der Waals surface area contributed by atoms with Crippen molar-refractivity contribution < 1.29 is 4.74 Å². The third-order valence-corrected chi connectivity index (χ3v) is 2.10. The van der Waals surface area contributed by atoms with Crippen molar-refractivity contribution in [2.24, 2.45) is 0 Å². The van der Waals surface area contributed by atoms with Gasteiger partial charge in [0.05, 0.1) is 6.10 Å². The molecule has 0 saturated heterocycles. The van der Waals surface area contributed by atoms with Crippen LogP contribution < -0.4 is 0 Å². The molecule has 0 unspecified atom stereocenters. The zero-order chi connectivity index (χ0) is 7.82. The van der Waals surface area contributed by atoms with Crippen molar-refractivity contribution >= 4 is 15.9 Å². The van der Waals surface area contributed by atoms with E-state index in [1.807, 2.05) is 0 Å². The number of ether oxygens (including phenoxy) is 1. The van der Waals surface area contributed by atoms with Crippen molar-refractivity contribution in [1.29, 1.82) is 0 Å². The van der Waals surface area contributed by atoms with Crippen LogP contribution in [0.2, 0.25) is 0 Å². The topological polar surface area (TPSA) is 9.23 Å². The van der Waals surface area contributed by atoms with Gasteiger partial charge in [0.25, 0.3) is 0 Å². The predicted molar refractivity (Wildman–Crippen MR) is 48.7 cm³/mol. The number of hydrogen-bond donors (Lipinski definition) is 0. The molecule has 0 fully saturated rings. The van der Waals surface area contributed by atoms with Gasteiger partial charge in [-0.3, -0.25) is 0 Å². The standard InChI is InChI=1S/C8H17BrO/c1-3-8(4-2)10-7-5-6-9/h8H,3-7H2,1-2H3. The van der Waals surface area contributed by atoms with Crippen molar-refractivity contribution in [3.8, 4) is 0 Å². The second kappa shape index (κ2) is 7.55. The zero-order valence-electron chi connectivity index (χ0n) is 6.90. The fourth-order valence-electron chi connectivity index (χ4n) is 0.829. The van der Waals surface area contributed by atoms with Gasteiger partial charge in [0.1, 0.15) is 0 Å². The normalized spacial score (nSPS) is 10.8. The lowest BCUT2D eigenvalue weighted by molar-refractivity contribution is 0.0493. The van der Waals surface area contributed by atoms with Gasteiger partial charge in [-0.25, -0.2) is 0 Å². The Morgan fingerprint density at radius 3 is 2.30 bits per heavy atom. The van der Waals surface area contributed by atoms with Crippen LogP contribution in [0.15, 0.2) is 0 Å². The van der Waals surface area contributed by atoms with Crippen molar-refractivity contribution in [2.75, 3.05) is 11.9 Å². The summed E-state index contributed by atoms with van der Waals surface area (Å²) < 4.78 is 5.55. The molecule has 0 aliphatic carbocycles. The van der Waals surface area contributed by atoms with Crippen LogP contribution in [0.4, 0.5) is 0 Å². The lowest BCUT2D eigenvalue weighted by Gasteiger charge is -2.12. The van der Waals surface area contributed by atoms with Gasteiger partial charge in [-0.2, -0.15) is 0 Å². The van der Waals surface area contributed by atoms with Gasteiger partial charge in [0, 0.05) is 11.9 Å². The van der Waals surface area contributed by atoms with Crippen LogP contribution >= 0.6 is 15.9 Å². The van der Waals surface area contributed by atoms with Crippen LogP contribution in [-0.2, 0) is 4.74 Å². The van der Waals surface area contributed by atoms with E-state index in [9.17, 15) is 0 Å². The molecule has 0 aromatic heterocycles. The lowest BCUT2D eigenvalue weighted by Crippen LogP contribution is -2.11. The highest BCUT2D eigenvalue weighted by Crippen LogP contribution is 2.03. The molecular formula is C8H17BrO. The van der Waals surface area contributed by atoms with Crippen LogP contribution in [0.1, 0.15) is 33.1 Å². The maximum Gasteiger partial charge on any atom is 0.0569 e. The van der Waals surface area contributed by atoms with Crippen molar-refractivity contribution in [3.05, 3.63) is 0 Å². The molecule has 0 bridgehead atoms. The predicted octanol–water partition coefficient (Wildman–Crippen LogP) is 2.98. The van der Waals surface area contributed by atoms with Crippen molar-refractivity contribution in [3.63, 3.8) is 0 Å². The van der Waals surface area contributed by atoms with E-state index in [0.29, 0.717) is 6.10 Å². The molecule has 0 saturated carbocycles. The largest absolute Gasteiger partial charge is 0.378 e. The van der Waals surface area contributed by atoms with Gasteiger partial charge in [0.2, 0.25) is 0 Å². The van der Waals surface area contributed by atoms with Crippen LogP contribution in [-0.4, -0.2) is 18.0 Å². The van der Waals surface area contributed by atoms with Gasteiger partial charge in [0.15, 0.2) is 0 Å². The van der Waals surface area contributed by atoms with Crippen molar-refractivity contribution in [2.45, 2.75) is 39.2 Å². The van der Waals surface area contributed by atoms with Gasteiger partial charge in [-0.05, 0) is 19.3 Å². The number of alkyl halides is 1. The van der Waals surface area contributed by atoms with E-state index in [1.165, 1.54) is 0 Å². The average molecular weight is 209 g/mol. The Hall–Kier alpha value is 0.440. The zero-order valence-corrected chi connectivity index (χ0v) is 8.49. The van der Waals surface area contributed by atoms with E-state index in [1.54, 1.807) is 0 Å². The Morgan fingerprint density at radius 2 is 1.90 bits per heavy atom. The fraction of sp³-hybridized carbons (Fsp3) is 1.00. The van der Waals surface area contributed by atoms with Gasteiger partial charge in [-0.1, -0.05) is 29.8 Å². The number of halogens is 1. The summed E-state index contributed by atoms with van der Waals surface area (Å²) in [5, 5.41) is 1.05. The second-order valence-corrected chi connectivity index (χ2v) is 3.14. The summed E-state index contributed by atoms with van der Waals surface area (Å²) in [6.07, 6.45) is 3.88. The lowest BCUT2D eigenvalue weighted by atomic mass is 10.2. The third-order valence-electron chi connectivity index (χ3n) is 1.54. The molecule has 0 rings (SSSR count). The molecule has 0 N–H and O–H groups in total. The van der Waals surface area contributed by atoms with E-state index >= 15 is 0 Å². The molecule has 0 heterocycles. The highest BCUT2D eigenvalue weighted by molar-refractivity contribution is 9.09. The molecule has 0 atom stereocenters. The van der Waals surface area contributed by atoms with Crippen LogP contribution in [0.25, 0.3) is 0 Å². The first-order chi connectivity index (χ1) is 4.85. The highest BCUT2D eigenvalue weighted by Gasteiger charge is 2.00. The van der Waals surface area contributed by atoms with Gasteiger partial charge < -0.3 is 4.74 Å². The van der Waals surface area contributed by atoms with E-state index in [2.05, 4.69) is 29.8 Å². The molecule has 0 aromatic carbocycles. The Labute approximate surface area is 72.3 Å². The monoisotopic (exact) mass is 208 g/mol. The van der Waals surface area contributed by atoms with Gasteiger partial charge >= 0.3 is 0 Å². The minimum atomic E-state index is 0.485. The number of rotatable bonds is 6. The Morgan fingerprint density at radius 1 is 1.30 bits per heavy atom. The van der Waals surface area contributed by atoms with E-state index < -0.39 is 0 Å². The van der Waals surface area contributed by atoms with Crippen LogP contribution in [0.5, 0.6) is 0 Å². The Bertz CT molecular complexity index is 62.3. The molecule has 62 valence electrons. The van der Waals surface area contributed by atoms with Crippen LogP contribution in [0, 0.1) is 0 Å². The molecule has 0 aliphatic heterocycles. The Kier molecular flexibility index (Phi) is 7.88. The van der Waals surface area contributed by atoms with E-state index in [-0.39, 0.29) is 0 Å². The van der Waals surface area contributed by atoms with Crippen LogP contribution in [0.3, 0.4) is 0 Å². The minimum absolute atomic E-state index is 0.485. The van der Waals surface area contributed by atoms with E-state index in [4.69, 9.17) is 4.74 Å². The number of hydrogen-bond acceptors (Lipinski definition) is 1. The second-order valence-electron chi connectivity index (χ2n) is 2.35. The molecular weight excluding hydrogens is 192 g/mol. The smallest absolute Gasteiger partial charge is 0.0569 e. The molecule has 0 aliphatic rings. The maximum atomic E-state index is 5.55. The summed E-state index contributed by atoms with van der Waals surface area (Å²) >= 11 is 3.36. The summed E-state index contributed by atoms with van der Waals surface area (Å²) in [7, 11) is 0. The molecule has 0 radical (unpaired) electrons. The summed E-state index contributed by atoms with van der Waals surface area (Å²) in [4.78, 5) is 0. The first-order valence-corrected chi connectivity index (χ1v) is 5.14. The molecule has 10 heavy (non-hydrogen) atoms. The van der Waals surface area contributed by atoms with Gasteiger partial charge in [-0.15, -0.1) is 0 Å².